The van der Waals surface area contributed by atoms with E-state index in [0.29, 0.717) is 19.7 Å². The zero-order valence-electron chi connectivity index (χ0n) is 11.8. The summed E-state index contributed by atoms with van der Waals surface area (Å²) >= 11 is 0. The average molecular weight is 295 g/mol. The standard InChI is InChI=1S/C14H18FN3O3/c1-2-4-17-13(19)11-9-21-7-6-18(11)14(20)10-3-5-16-12(15)8-10/h3,5,8,11H,2,4,6-7,9H2,1H3,(H,17,19). The van der Waals surface area contributed by atoms with Crippen molar-refractivity contribution in [3.05, 3.63) is 29.8 Å². The van der Waals surface area contributed by atoms with Crippen LogP contribution in [-0.4, -0.2) is 54.0 Å². The lowest BCUT2D eigenvalue weighted by atomic mass is 10.1. The highest BCUT2D eigenvalue weighted by atomic mass is 19.1. The summed E-state index contributed by atoms with van der Waals surface area (Å²) < 4.78 is 18.4. The maximum Gasteiger partial charge on any atom is 0.254 e. The van der Waals surface area contributed by atoms with Crippen LogP contribution in [-0.2, 0) is 9.53 Å². The van der Waals surface area contributed by atoms with Gasteiger partial charge in [-0.05, 0) is 12.5 Å². The number of amides is 2. The van der Waals surface area contributed by atoms with Crippen LogP contribution in [0.1, 0.15) is 23.7 Å². The number of ether oxygens (including phenoxy) is 1. The summed E-state index contributed by atoms with van der Waals surface area (Å²) in [6, 6.07) is 1.81. The lowest BCUT2D eigenvalue weighted by molar-refractivity contribution is -0.130. The number of morpholine rings is 1. The number of aromatic nitrogens is 1. The number of hydrogen-bond donors (Lipinski definition) is 1. The summed E-state index contributed by atoms with van der Waals surface area (Å²) in [7, 11) is 0. The molecule has 0 bridgehead atoms. The van der Waals surface area contributed by atoms with Gasteiger partial charge in [0.1, 0.15) is 6.04 Å². The van der Waals surface area contributed by atoms with E-state index in [4.69, 9.17) is 4.74 Å². The molecule has 2 rings (SSSR count). The number of carbonyl (C=O) groups excluding carboxylic acids is 2. The van der Waals surface area contributed by atoms with Gasteiger partial charge in [-0.15, -0.1) is 0 Å². The van der Waals surface area contributed by atoms with E-state index < -0.39 is 17.9 Å². The van der Waals surface area contributed by atoms with E-state index in [-0.39, 0.29) is 18.1 Å². The van der Waals surface area contributed by atoms with Crippen molar-refractivity contribution in [2.24, 2.45) is 0 Å². The predicted molar refractivity (Wildman–Crippen MR) is 73.1 cm³/mol. The molecule has 0 radical (unpaired) electrons. The summed E-state index contributed by atoms with van der Waals surface area (Å²) in [5, 5.41) is 2.75. The third kappa shape index (κ3) is 3.75. The Labute approximate surface area is 122 Å². The van der Waals surface area contributed by atoms with Crippen molar-refractivity contribution in [2.75, 3.05) is 26.3 Å². The molecule has 1 N–H and O–H groups in total. The Bertz CT molecular complexity index is 524. The van der Waals surface area contributed by atoms with Crippen LogP contribution in [0.2, 0.25) is 0 Å². The summed E-state index contributed by atoms with van der Waals surface area (Å²) in [5.41, 5.74) is 0.178. The fourth-order valence-electron chi connectivity index (χ4n) is 2.13. The van der Waals surface area contributed by atoms with Crippen molar-refractivity contribution >= 4 is 11.8 Å². The second-order valence-electron chi connectivity index (χ2n) is 4.75. The molecule has 1 aliphatic heterocycles. The summed E-state index contributed by atoms with van der Waals surface area (Å²) in [6.45, 7) is 3.29. The zero-order valence-corrected chi connectivity index (χ0v) is 11.8. The Balaban J connectivity index is 2.14. The first kappa shape index (κ1) is 15.4. The lowest BCUT2D eigenvalue weighted by Gasteiger charge is -2.34. The van der Waals surface area contributed by atoms with Crippen LogP contribution < -0.4 is 5.32 Å². The first-order chi connectivity index (χ1) is 10.1. The largest absolute Gasteiger partial charge is 0.377 e. The van der Waals surface area contributed by atoms with Gasteiger partial charge < -0.3 is 15.0 Å². The molecule has 1 atom stereocenters. The van der Waals surface area contributed by atoms with Gasteiger partial charge >= 0.3 is 0 Å². The van der Waals surface area contributed by atoms with Crippen molar-refractivity contribution in [2.45, 2.75) is 19.4 Å². The average Bonchev–Trinajstić information content (AvgIpc) is 2.52. The minimum atomic E-state index is -0.721. The van der Waals surface area contributed by atoms with Crippen LogP contribution in [0.25, 0.3) is 0 Å². The monoisotopic (exact) mass is 295 g/mol. The number of halogens is 1. The van der Waals surface area contributed by atoms with Crippen molar-refractivity contribution in [1.29, 1.82) is 0 Å². The van der Waals surface area contributed by atoms with Gasteiger partial charge in [-0.25, -0.2) is 4.98 Å². The van der Waals surface area contributed by atoms with Crippen molar-refractivity contribution in [1.82, 2.24) is 15.2 Å². The number of nitrogens with zero attached hydrogens (tertiary/aromatic N) is 2. The van der Waals surface area contributed by atoms with Gasteiger partial charge in [-0.1, -0.05) is 6.92 Å². The maximum absolute atomic E-state index is 13.1. The van der Waals surface area contributed by atoms with E-state index in [1.165, 1.54) is 17.2 Å². The fraction of sp³-hybridized carbons (Fsp3) is 0.500. The van der Waals surface area contributed by atoms with Crippen molar-refractivity contribution in [3.63, 3.8) is 0 Å². The predicted octanol–water partition coefficient (Wildman–Crippen LogP) is 0.588. The number of nitrogens with one attached hydrogen (secondary N) is 1. The maximum atomic E-state index is 13.1. The Morgan fingerprint density at radius 1 is 1.57 bits per heavy atom. The molecule has 1 unspecified atom stereocenters. The molecule has 0 spiro atoms. The number of pyridine rings is 1. The van der Waals surface area contributed by atoms with Gasteiger partial charge in [0.05, 0.1) is 13.2 Å². The Morgan fingerprint density at radius 2 is 2.38 bits per heavy atom. The highest BCUT2D eigenvalue weighted by molar-refractivity contribution is 5.97. The number of rotatable bonds is 4. The molecule has 0 saturated carbocycles. The van der Waals surface area contributed by atoms with Crippen LogP contribution in [0, 0.1) is 5.95 Å². The van der Waals surface area contributed by atoms with Crippen LogP contribution in [0.3, 0.4) is 0 Å². The summed E-state index contributed by atoms with van der Waals surface area (Å²) in [4.78, 5) is 29.4. The van der Waals surface area contributed by atoms with Crippen LogP contribution in [0.5, 0.6) is 0 Å². The van der Waals surface area contributed by atoms with E-state index in [0.717, 1.165) is 12.5 Å². The highest BCUT2D eigenvalue weighted by Gasteiger charge is 2.33. The number of carbonyl (C=O) groups is 2. The van der Waals surface area contributed by atoms with E-state index >= 15 is 0 Å². The molecule has 6 nitrogen and oxygen atoms in total. The smallest absolute Gasteiger partial charge is 0.254 e. The molecular formula is C14H18FN3O3. The van der Waals surface area contributed by atoms with Gasteiger partial charge in [0.15, 0.2) is 0 Å². The van der Waals surface area contributed by atoms with E-state index in [2.05, 4.69) is 10.3 Å². The minimum absolute atomic E-state index is 0.148. The van der Waals surface area contributed by atoms with Gasteiger partial charge in [-0.2, -0.15) is 4.39 Å². The molecule has 21 heavy (non-hydrogen) atoms. The molecule has 1 fully saturated rings. The van der Waals surface area contributed by atoms with E-state index in [1.54, 1.807) is 0 Å². The molecule has 114 valence electrons. The summed E-state index contributed by atoms with van der Waals surface area (Å²) in [6.07, 6.45) is 2.04. The quantitative estimate of drug-likeness (QED) is 0.825. The highest BCUT2D eigenvalue weighted by Crippen LogP contribution is 2.13. The van der Waals surface area contributed by atoms with Gasteiger partial charge in [-0.3, -0.25) is 9.59 Å². The van der Waals surface area contributed by atoms with Gasteiger partial charge in [0.25, 0.3) is 5.91 Å². The van der Waals surface area contributed by atoms with Crippen LogP contribution >= 0.6 is 0 Å². The molecule has 1 saturated heterocycles. The SMILES string of the molecule is CCCNC(=O)C1COCCN1C(=O)c1ccnc(F)c1. The van der Waals surface area contributed by atoms with Crippen molar-refractivity contribution < 1.29 is 18.7 Å². The first-order valence-electron chi connectivity index (χ1n) is 6.91. The van der Waals surface area contributed by atoms with Gasteiger partial charge in [0, 0.05) is 30.9 Å². The molecule has 2 amide bonds. The number of hydrogen-bond acceptors (Lipinski definition) is 4. The minimum Gasteiger partial charge on any atom is -0.377 e. The fourth-order valence-corrected chi connectivity index (χ4v) is 2.13. The molecule has 2 heterocycles. The Kier molecular flexibility index (Phi) is 5.21. The first-order valence-corrected chi connectivity index (χ1v) is 6.91. The second kappa shape index (κ2) is 7.12. The third-order valence-electron chi connectivity index (χ3n) is 3.21. The normalized spacial score (nSPS) is 18.4. The molecule has 0 aromatic carbocycles. The molecule has 1 aromatic heterocycles. The van der Waals surface area contributed by atoms with Crippen LogP contribution in [0.4, 0.5) is 4.39 Å². The molecule has 0 aliphatic carbocycles. The molecule has 1 aliphatic rings. The lowest BCUT2D eigenvalue weighted by Crippen LogP contribution is -2.56. The zero-order chi connectivity index (χ0) is 15.2. The Morgan fingerprint density at radius 3 is 3.10 bits per heavy atom. The second-order valence-corrected chi connectivity index (χ2v) is 4.75. The van der Waals surface area contributed by atoms with Crippen molar-refractivity contribution in [3.8, 4) is 0 Å². The molecule has 1 aromatic rings. The molecule has 7 heteroatoms. The third-order valence-corrected chi connectivity index (χ3v) is 3.21. The Hall–Kier alpha value is -2.02. The van der Waals surface area contributed by atoms with E-state index in [1.807, 2.05) is 6.92 Å². The van der Waals surface area contributed by atoms with E-state index in [9.17, 15) is 14.0 Å². The summed E-state index contributed by atoms with van der Waals surface area (Å²) in [5.74, 6) is -1.36. The van der Waals surface area contributed by atoms with Gasteiger partial charge in [0.2, 0.25) is 11.9 Å². The molecular weight excluding hydrogens is 277 g/mol. The van der Waals surface area contributed by atoms with Crippen LogP contribution in [0.15, 0.2) is 18.3 Å². The topological polar surface area (TPSA) is 71.5 Å².